The first-order valence-electron chi connectivity index (χ1n) is 7.60. The van der Waals surface area contributed by atoms with E-state index < -0.39 is 24.5 Å². The predicted octanol–water partition coefficient (Wildman–Crippen LogP) is 3.74. The van der Waals surface area contributed by atoms with Crippen molar-refractivity contribution in [2.24, 2.45) is 0 Å². The Kier molecular flexibility index (Phi) is 6.71. The van der Waals surface area contributed by atoms with Gasteiger partial charge < -0.3 is 19.9 Å². The topological polar surface area (TPSA) is 84.9 Å². The highest BCUT2D eigenvalue weighted by atomic mass is 35.5. The lowest BCUT2D eigenvalue weighted by molar-refractivity contribution is -0.124. The fourth-order valence-electron chi connectivity index (χ4n) is 2.23. The maximum atomic E-state index is 12.0. The largest absolute Gasteiger partial charge is 0.507 e. The molecule has 0 aromatic heterocycles. The first-order valence-corrected chi connectivity index (χ1v) is 8.36. The summed E-state index contributed by atoms with van der Waals surface area (Å²) in [4.78, 5) is 24.0. The van der Waals surface area contributed by atoms with E-state index in [0.29, 0.717) is 21.4 Å². The summed E-state index contributed by atoms with van der Waals surface area (Å²) in [5.41, 5.74) is 0.621. The molecule has 0 aliphatic rings. The molecule has 2 rings (SSSR count). The molecule has 0 saturated heterocycles. The van der Waals surface area contributed by atoms with Crippen molar-refractivity contribution in [3.05, 3.63) is 57.6 Å². The highest BCUT2D eigenvalue weighted by Crippen LogP contribution is 2.26. The van der Waals surface area contributed by atoms with Crippen molar-refractivity contribution in [3.63, 3.8) is 0 Å². The number of esters is 1. The van der Waals surface area contributed by atoms with Gasteiger partial charge in [0.2, 0.25) is 0 Å². The average molecular weight is 398 g/mol. The van der Waals surface area contributed by atoms with Gasteiger partial charge in [0.05, 0.1) is 13.2 Å². The number of phenolic OH excluding ortho intramolecular Hbond substituents is 1. The summed E-state index contributed by atoms with van der Waals surface area (Å²) < 4.78 is 9.86. The molecule has 0 aliphatic heterocycles. The van der Waals surface area contributed by atoms with E-state index in [-0.39, 0.29) is 11.3 Å². The van der Waals surface area contributed by atoms with Gasteiger partial charge in [-0.05, 0) is 36.8 Å². The monoisotopic (exact) mass is 397 g/mol. The number of hydrogen-bond acceptors (Lipinski definition) is 5. The van der Waals surface area contributed by atoms with Crippen molar-refractivity contribution in [1.82, 2.24) is 5.32 Å². The summed E-state index contributed by atoms with van der Waals surface area (Å²) in [6.07, 6.45) is 0. The molecular weight excluding hydrogens is 381 g/mol. The molecule has 2 aromatic carbocycles. The van der Waals surface area contributed by atoms with Crippen LogP contribution in [0.3, 0.4) is 0 Å². The summed E-state index contributed by atoms with van der Waals surface area (Å²) >= 11 is 11.9. The maximum absolute atomic E-state index is 12.0. The number of benzene rings is 2. The zero-order valence-electron chi connectivity index (χ0n) is 14.1. The minimum absolute atomic E-state index is 0.0626. The number of rotatable bonds is 6. The molecule has 1 amide bonds. The van der Waals surface area contributed by atoms with Crippen LogP contribution in [-0.2, 0) is 9.53 Å². The van der Waals surface area contributed by atoms with Crippen LogP contribution in [0.25, 0.3) is 0 Å². The van der Waals surface area contributed by atoms with Crippen molar-refractivity contribution in [2.45, 2.75) is 13.0 Å². The fourth-order valence-corrected chi connectivity index (χ4v) is 2.81. The zero-order chi connectivity index (χ0) is 19.3. The van der Waals surface area contributed by atoms with Crippen molar-refractivity contribution in [2.75, 3.05) is 13.7 Å². The predicted molar refractivity (Wildman–Crippen MR) is 98.0 cm³/mol. The van der Waals surface area contributed by atoms with E-state index in [1.165, 1.54) is 25.3 Å². The number of carbonyl (C=O) groups excluding carboxylic acids is 2. The molecule has 0 unspecified atom stereocenters. The number of methoxy groups -OCH3 is 1. The van der Waals surface area contributed by atoms with E-state index >= 15 is 0 Å². The fraction of sp³-hybridized carbons (Fsp3) is 0.222. The lowest BCUT2D eigenvalue weighted by Gasteiger charge is -2.16. The Hall–Kier alpha value is -2.44. The zero-order valence-corrected chi connectivity index (χ0v) is 15.6. The maximum Gasteiger partial charge on any atom is 0.342 e. The van der Waals surface area contributed by atoms with Crippen LogP contribution >= 0.6 is 23.2 Å². The Bertz CT molecular complexity index is 825. The van der Waals surface area contributed by atoms with Gasteiger partial charge in [-0.1, -0.05) is 29.3 Å². The highest BCUT2D eigenvalue weighted by Gasteiger charge is 2.17. The summed E-state index contributed by atoms with van der Waals surface area (Å²) in [7, 11) is 1.44. The van der Waals surface area contributed by atoms with E-state index in [4.69, 9.17) is 32.7 Å². The van der Waals surface area contributed by atoms with Crippen LogP contribution in [0, 0.1) is 0 Å². The second kappa shape index (κ2) is 8.78. The van der Waals surface area contributed by atoms with Gasteiger partial charge in [0.1, 0.15) is 17.1 Å². The molecule has 2 N–H and O–H groups in total. The molecule has 0 bridgehead atoms. The number of halogens is 2. The number of ether oxygens (including phenoxy) is 2. The highest BCUT2D eigenvalue weighted by molar-refractivity contribution is 6.35. The number of carbonyl (C=O) groups is 2. The van der Waals surface area contributed by atoms with Crippen LogP contribution in [0.2, 0.25) is 10.0 Å². The second-order valence-corrected chi connectivity index (χ2v) is 6.26. The van der Waals surface area contributed by atoms with Gasteiger partial charge in [-0.2, -0.15) is 0 Å². The Morgan fingerprint density at radius 1 is 1.19 bits per heavy atom. The molecule has 6 nitrogen and oxygen atoms in total. The molecule has 26 heavy (non-hydrogen) atoms. The molecule has 0 heterocycles. The van der Waals surface area contributed by atoms with Gasteiger partial charge in [-0.25, -0.2) is 4.79 Å². The molecule has 0 fully saturated rings. The third kappa shape index (κ3) is 5.03. The summed E-state index contributed by atoms with van der Waals surface area (Å²) in [5, 5.41) is 13.4. The molecular formula is C18H17Cl2NO5. The molecule has 1 atom stereocenters. The number of nitrogens with one attached hydrogen (secondary N) is 1. The molecule has 138 valence electrons. The number of amides is 1. The van der Waals surface area contributed by atoms with E-state index in [0.717, 1.165) is 0 Å². The number of aromatic hydroxyl groups is 1. The van der Waals surface area contributed by atoms with E-state index in [9.17, 15) is 14.7 Å². The Balaban J connectivity index is 1.92. The molecule has 0 radical (unpaired) electrons. The van der Waals surface area contributed by atoms with Gasteiger partial charge in [-0.15, -0.1) is 0 Å². The first kappa shape index (κ1) is 19.9. The van der Waals surface area contributed by atoms with Crippen molar-refractivity contribution < 1.29 is 24.2 Å². The Morgan fingerprint density at radius 3 is 2.54 bits per heavy atom. The van der Waals surface area contributed by atoms with E-state index in [2.05, 4.69) is 5.32 Å². The third-order valence-corrected chi connectivity index (χ3v) is 4.13. The molecule has 0 spiro atoms. The standard InChI is InChI=1S/C18H17Cl2NO5/c1-10(13-5-3-11(19)7-15(13)20)21-17(23)9-26-18(24)14-6-4-12(25-2)8-16(14)22/h3-8,10,22H,9H2,1-2H3,(H,21,23)/t10-/m1/s1. The van der Waals surface area contributed by atoms with Crippen LogP contribution < -0.4 is 10.1 Å². The Labute approximate surface area is 160 Å². The van der Waals surface area contributed by atoms with Crippen molar-refractivity contribution in [1.29, 1.82) is 0 Å². The van der Waals surface area contributed by atoms with Crippen LogP contribution in [0.1, 0.15) is 28.9 Å². The minimum atomic E-state index is -0.822. The van der Waals surface area contributed by atoms with Gasteiger partial charge in [0, 0.05) is 16.1 Å². The molecule has 0 aliphatic carbocycles. The SMILES string of the molecule is COc1ccc(C(=O)OCC(=O)N[C@H](C)c2ccc(Cl)cc2Cl)c(O)c1. The van der Waals surface area contributed by atoms with Gasteiger partial charge in [0.25, 0.3) is 5.91 Å². The molecule has 8 heteroatoms. The van der Waals surface area contributed by atoms with Crippen LogP contribution in [0.15, 0.2) is 36.4 Å². The number of hydrogen-bond donors (Lipinski definition) is 2. The minimum Gasteiger partial charge on any atom is -0.507 e. The van der Waals surface area contributed by atoms with E-state index in [1.807, 2.05) is 0 Å². The van der Waals surface area contributed by atoms with Gasteiger partial charge in [-0.3, -0.25) is 4.79 Å². The lowest BCUT2D eigenvalue weighted by Crippen LogP contribution is -2.31. The van der Waals surface area contributed by atoms with Crippen LogP contribution in [-0.4, -0.2) is 30.7 Å². The third-order valence-electron chi connectivity index (χ3n) is 3.57. The van der Waals surface area contributed by atoms with Gasteiger partial charge >= 0.3 is 5.97 Å². The lowest BCUT2D eigenvalue weighted by atomic mass is 10.1. The van der Waals surface area contributed by atoms with Crippen molar-refractivity contribution >= 4 is 35.1 Å². The quantitative estimate of drug-likeness (QED) is 0.725. The van der Waals surface area contributed by atoms with Crippen LogP contribution in [0.4, 0.5) is 0 Å². The summed E-state index contributed by atoms with van der Waals surface area (Å²) in [6, 6.07) is 8.68. The molecule has 0 saturated carbocycles. The summed E-state index contributed by atoms with van der Waals surface area (Å²) in [6.45, 7) is 1.24. The smallest absolute Gasteiger partial charge is 0.342 e. The number of phenols is 1. The van der Waals surface area contributed by atoms with Crippen molar-refractivity contribution in [3.8, 4) is 11.5 Å². The normalized spacial score (nSPS) is 11.5. The molecule has 2 aromatic rings. The second-order valence-electron chi connectivity index (χ2n) is 5.41. The first-order chi connectivity index (χ1) is 12.3. The van der Waals surface area contributed by atoms with Crippen LogP contribution in [0.5, 0.6) is 11.5 Å². The Morgan fingerprint density at radius 2 is 1.92 bits per heavy atom. The summed E-state index contributed by atoms with van der Waals surface area (Å²) in [5.74, 6) is -1.23. The van der Waals surface area contributed by atoms with Gasteiger partial charge in [0.15, 0.2) is 6.61 Å². The average Bonchev–Trinajstić information content (AvgIpc) is 2.59. The van der Waals surface area contributed by atoms with E-state index in [1.54, 1.807) is 25.1 Å².